The molecule has 18 heavy (non-hydrogen) atoms. The normalized spacial score (nSPS) is 15.5. The van der Waals surface area contributed by atoms with E-state index in [1.54, 1.807) is 6.26 Å². The van der Waals surface area contributed by atoms with Crippen molar-refractivity contribution in [1.29, 1.82) is 0 Å². The van der Waals surface area contributed by atoms with Crippen molar-refractivity contribution in [2.45, 2.75) is 16.2 Å². The Bertz CT molecular complexity index is 619. The third kappa shape index (κ3) is 3.47. The van der Waals surface area contributed by atoms with Crippen LogP contribution in [-0.4, -0.2) is 16.6 Å². The van der Waals surface area contributed by atoms with Gasteiger partial charge in [-0.15, -0.1) is 11.8 Å². The van der Waals surface area contributed by atoms with Crippen molar-refractivity contribution in [2.75, 3.05) is 12.4 Å². The average molecular weight is 279 g/mol. The monoisotopic (exact) mass is 279 g/mol. The largest absolute Gasteiger partial charge is 0.255 e. The van der Waals surface area contributed by atoms with Crippen molar-refractivity contribution in [2.24, 2.45) is 0 Å². The maximum atomic E-state index is 11.3. The Labute approximate surface area is 119 Å². The van der Waals surface area contributed by atoms with Crippen LogP contribution < -0.4 is 0 Å². The molecule has 0 radical (unpaired) electrons. The quantitative estimate of drug-likeness (QED) is 0.793. The van der Waals surface area contributed by atoms with Crippen molar-refractivity contribution >= 4 is 22.6 Å². The molecule has 94 valence electrons. The van der Waals surface area contributed by atoms with Crippen molar-refractivity contribution in [3.05, 3.63) is 59.7 Å². The van der Waals surface area contributed by atoms with E-state index in [9.17, 15) is 4.21 Å². The zero-order chi connectivity index (χ0) is 15.5. The maximum absolute atomic E-state index is 11.3. The van der Waals surface area contributed by atoms with Crippen LogP contribution in [0.25, 0.3) is 0 Å². The molecule has 2 rings (SSSR count). The van der Waals surface area contributed by atoms with Crippen LogP contribution in [-0.2, 0) is 17.2 Å². The van der Waals surface area contributed by atoms with Gasteiger partial charge in [0.2, 0.25) is 0 Å². The summed E-state index contributed by atoms with van der Waals surface area (Å²) < 4.78 is 33.0. The fourth-order valence-electron chi connectivity index (χ4n) is 1.71. The summed E-state index contributed by atoms with van der Waals surface area (Å²) in [7, 11) is -0.953. The minimum atomic E-state index is -2.01. The summed E-state index contributed by atoms with van der Waals surface area (Å²) in [5.74, 6) is 0. The van der Waals surface area contributed by atoms with Gasteiger partial charge in [-0.1, -0.05) is 24.3 Å². The van der Waals surface area contributed by atoms with E-state index in [1.165, 1.54) is 0 Å². The second kappa shape index (κ2) is 6.21. The number of hydrogen-bond acceptors (Lipinski definition) is 2. The van der Waals surface area contributed by atoms with Crippen LogP contribution in [0, 0.1) is 0 Å². The number of thioether (sulfide) groups is 1. The summed E-state index contributed by atoms with van der Waals surface area (Å²) in [4.78, 5) is 1.57. The highest BCUT2D eigenvalue weighted by Crippen LogP contribution is 2.17. The first-order valence-corrected chi connectivity index (χ1v) is 7.91. The first-order valence-electron chi connectivity index (χ1n) is 7.04. The third-order valence-electron chi connectivity index (χ3n) is 2.70. The van der Waals surface area contributed by atoms with Crippen LogP contribution in [0.1, 0.15) is 15.2 Å². The van der Waals surface area contributed by atoms with Crippen LogP contribution in [0.5, 0.6) is 0 Å². The molecule has 0 saturated carbocycles. The van der Waals surface area contributed by atoms with E-state index in [4.69, 9.17) is 4.11 Å². The van der Waals surface area contributed by atoms with Gasteiger partial charge >= 0.3 is 0 Å². The van der Waals surface area contributed by atoms with Gasteiger partial charge in [0.15, 0.2) is 0 Å². The third-order valence-corrected chi connectivity index (χ3v) is 4.15. The summed E-state index contributed by atoms with van der Waals surface area (Å²) in [5.41, 5.74) is 2.26. The highest BCUT2D eigenvalue weighted by molar-refractivity contribution is 7.98. The fourth-order valence-corrected chi connectivity index (χ4v) is 2.50. The van der Waals surface area contributed by atoms with E-state index >= 15 is 0 Å². The molecule has 0 heterocycles. The Kier molecular flexibility index (Phi) is 3.39. The number of hydrogen-bond donors (Lipinski definition) is 0. The van der Waals surface area contributed by atoms with E-state index in [2.05, 4.69) is 0 Å². The summed E-state index contributed by atoms with van der Waals surface area (Å²) in [6.45, 7) is 0. The van der Waals surface area contributed by atoms with Gasteiger partial charge in [-0.3, -0.25) is 4.21 Å². The van der Waals surface area contributed by atoms with Gasteiger partial charge in [-0.25, -0.2) is 0 Å². The molecule has 1 nitrogen and oxygen atoms in total. The van der Waals surface area contributed by atoms with Crippen molar-refractivity contribution in [3.63, 3.8) is 0 Å². The first kappa shape index (κ1) is 9.82. The standard InChI is InChI=1S/C15H16OS2/c1-17-14-7-3-12(4-8-14)11-13-5-9-15(10-6-13)18(2)16/h3-10H,11H2,1-2H3/i1D3. The lowest BCUT2D eigenvalue weighted by Crippen LogP contribution is -1.91. The van der Waals surface area contributed by atoms with Gasteiger partial charge in [0.1, 0.15) is 0 Å². The maximum Gasteiger partial charge on any atom is 0.0498 e. The van der Waals surface area contributed by atoms with Crippen LogP contribution in [0.4, 0.5) is 0 Å². The minimum Gasteiger partial charge on any atom is -0.255 e. The topological polar surface area (TPSA) is 17.1 Å². The van der Waals surface area contributed by atoms with E-state index in [-0.39, 0.29) is 0 Å². The smallest absolute Gasteiger partial charge is 0.0498 e. The molecule has 0 saturated heterocycles. The molecule has 2 aromatic carbocycles. The Balaban J connectivity index is 2.04. The molecule has 0 amide bonds. The Morgan fingerprint density at radius 2 is 1.61 bits per heavy atom. The molecule has 0 N–H and O–H groups in total. The van der Waals surface area contributed by atoms with Gasteiger partial charge in [-0.2, -0.15) is 0 Å². The van der Waals surface area contributed by atoms with Crippen LogP contribution in [0.3, 0.4) is 0 Å². The average Bonchev–Trinajstić information content (AvgIpc) is 2.40. The summed E-state index contributed by atoms with van der Waals surface area (Å²) in [6.07, 6.45) is 0.429. The molecule has 0 aliphatic carbocycles. The van der Waals surface area contributed by atoms with E-state index in [0.29, 0.717) is 0 Å². The lowest BCUT2D eigenvalue weighted by molar-refractivity contribution is 0.687. The van der Waals surface area contributed by atoms with Crippen molar-refractivity contribution < 1.29 is 8.32 Å². The predicted octanol–water partition coefficient (Wildman–Crippen LogP) is 3.74. The molecule has 2 aromatic rings. The predicted molar refractivity (Wildman–Crippen MR) is 79.8 cm³/mol. The molecule has 0 aromatic heterocycles. The van der Waals surface area contributed by atoms with E-state index < -0.39 is 17.0 Å². The molecule has 1 unspecified atom stereocenters. The first-order chi connectivity index (χ1) is 9.83. The second-order valence-electron chi connectivity index (χ2n) is 4.02. The lowest BCUT2D eigenvalue weighted by atomic mass is 10.1. The zero-order valence-corrected chi connectivity index (χ0v) is 11.7. The fraction of sp³-hybridized carbons (Fsp3) is 0.200. The van der Waals surface area contributed by atoms with Gasteiger partial charge in [0, 0.05) is 31.0 Å². The number of benzene rings is 2. The van der Waals surface area contributed by atoms with E-state index in [1.807, 2.05) is 48.5 Å². The van der Waals surface area contributed by atoms with Crippen molar-refractivity contribution in [3.8, 4) is 0 Å². The SMILES string of the molecule is [2H]C([2H])([2H])Sc1ccc(Cc2ccc(S(C)=O)cc2)cc1. The van der Waals surface area contributed by atoms with Crippen LogP contribution in [0.2, 0.25) is 0 Å². The molecular weight excluding hydrogens is 260 g/mol. The zero-order valence-electron chi connectivity index (χ0n) is 13.1. The van der Waals surface area contributed by atoms with Crippen molar-refractivity contribution in [1.82, 2.24) is 0 Å². The second-order valence-corrected chi connectivity index (χ2v) is 6.08. The summed E-state index contributed by atoms with van der Waals surface area (Å²) in [5, 5.41) is 0. The molecule has 0 aliphatic heterocycles. The molecule has 3 heteroatoms. The summed E-state index contributed by atoms with van der Waals surface area (Å²) in [6, 6.07) is 15.3. The van der Waals surface area contributed by atoms with Crippen LogP contribution in [0.15, 0.2) is 58.3 Å². The molecule has 0 fully saturated rings. The molecular formula is C15H16OS2. The van der Waals surface area contributed by atoms with Crippen LogP contribution >= 0.6 is 11.8 Å². The van der Waals surface area contributed by atoms with Gasteiger partial charge < -0.3 is 0 Å². The Hall–Kier alpha value is -1.06. The van der Waals surface area contributed by atoms with Gasteiger partial charge in [-0.05, 0) is 48.0 Å². The highest BCUT2D eigenvalue weighted by atomic mass is 32.2. The van der Waals surface area contributed by atoms with E-state index in [0.717, 1.165) is 39.1 Å². The molecule has 0 aliphatic rings. The molecule has 1 atom stereocenters. The molecule has 0 bridgehead atoms. The highest BCUT2D eigenvalue weighted by Gasteiger charge is 1.99. The van der Waals surface area contributed by atoms with Gasteiger partial charge in [0.25, 0.3) is 0 Å². The minimum absolute atomic E-state index is 0.746. The number of rotatable bonds is 4. The van der Waals surface area contributed by atoms with Gasteiger partial charge in [0.05, 0.1) is 0 Å². The lowest BCUT2D eigenvalue weighted by Gasteiger charge is -2.04. The summed E-state index contributed by atoms with van der Waals surface area (Å²) >= 11 is 0.887. The molecule has 0 spiro atoms. The Morgan fingerprint density at radius 1 is 1.06 bits per heavy atom. The Morgan fingerprint density at radius 3 is 2.11 bits per heavy atom.